The Kier molecular flexibility index (Phi) is 7.38. The summed E-state index contributed by atoms with van der Waals surface area (Å²) in [4.78, 5) is 0. The van der Waals surface area contributed by atoms with Crippen molar-refractivity contribution in [3.63, 3.8) is 0 Å². The molecule has 0 aliphatic carbocycles. The van der Waals surface area contributed by atoms with E-state index in [4.69, 9.17) is 4.74 Å². The molecule has 1 aromatic rings. The zero-order valence-electron chi connectivity index (χ0n) is 11.7. The third kappa shape index (κ3) is 5.99. The van der Waals surface area contributed by atoms with Gasteiger partial charge in [0.05, 0.1) is 12.7 Å². The van der Waals surface area contributed by atoms with E-state index in [1.54, 1.807) is 0 Å². The van der Waals surface area contributed by atoms with Gasteiger partial charge in [0.15, 0.2) is 0 Å². The molecule has 0 aliphatic heterocycles. The number of allylic oxidation sites excluding steroid dienone is 1. The van der Waals surface area contributed by atoms with E-state index in [2.05, 4.69) is 43.4 Å². The summed E-state index contributed by atoms with van der Waals surface area (Å²) in [5, 5.41) is 3.46. The minimum absolute atomic E-state index is 0.126. The fraction of sp³-hybridized carbons (Fsp3) is 0.500. The highest BCUT2D eigenvalue weighted by atomic mass is 16.5. The average Bonchev–Trinajstić information content (AvgIpc) is 2.38. The summed E-state index contributed by atoms with van der Waals surface area (Å²) in [7, 11) is 0. The number of hydrogen-bond donors (Lipinski definition) is 1. The van der Waals surface area contributed by atoms with Crippen molar-refractivity contribution in [1.29, 1.82) is 0 Å². The average molecular weight is 247 g/mol. The van der Waals surface area contributed by atoms with Gasteiger partial charge in [-0.25, -0.2) is 0 Å². The van der Waals surface area contributed by atoms with Gasteiger partial charge < -0.3 is 10.1 Å². The van der Waals surface area contributed by atoms with E-state index in [1.807, 2.05) is 25.1 Å². The third-order valence-electron chi connectivity index (χ3n) is 2.68. The van der Waals surface area contributed by atoms with Crippen molar-refractivity contribution in [2.75, 3.05) is 19.7 Å². The molecule has 1 aromatic carbocycles. The molecule has 0 spiro atoms. The molecule has 18 heavy (non-hydrogen) atoms. The molecule has 2 heteroatoms. The first-order valence-corrected chi connectivity index (χ1v) is 6.72. The maximum absolute atomic E-state index is 5.90. The smallest absolute Gasteiger partial charge is 0.0953 e. The van der Waals surface area contributed by atoms with Crippen molar-refractivity contribution in [2.24, 2.45) is 5.92 Å². The molecule has 0 aromatic heterocycles. The van der Waals surface area contributed by atoms with Gasteiger partial charge in [0, 0.05) is 6.54 Å². The van der Waals surface area contributed by atoms with E-state index in [0.29, 0.717) is 12.5 Å². The van der Waals surface area contributed by atoms with E-state index >= 15 is 0 Å². The van der Waals surface area contributed by atoms with Crippen LogP contribution < -0.4 is 5.32 Å². The highest BCUT2D eigenvalue weighted by Crippen LogP contribution is 2.16. The van der Waals surface area contributed by atoms with Crippen LogP contribution in [0.2, 0.25) is 0 Å². The Labute approximate surface area is 111 Å². The lowest BCUT2D eigenvalue weighted by Crippen LogP contribution is -2.26. The van der Waals surface area contributed by atoms with E-state index in [0.717, 1.165) is 13.1 Å². The number of rotatable bonds is 8. The third-order valence-corrected chi connectivity index (χ3v) is 2.68. The molecule has 1 N–H and O–H groups in total. The molecule has 1 rings (SSSR count). The van der Waals surface area contributed by atoms with Crippen LogP contribution in [0.3, 0.4) is 0 Å². The summed E-state index contributed by atoms with van der Waals surface area (Å²) in [6.07, 6.45) is 4.18. The summed E-state index contributed by atoms with van der Waals surface area (Å²) in [6.45, 7) is 8.99. The van der Waals surface area contributed by atoms with E-state index in [1.165, 1.54) is 5.56 Å². The molecule has 0 radical (unpaired) electrons. The molecule has 100 valence electrons. The molecule has 2 nitrogen and oxygen atoms in total. The molecule has 0 saturated heterocycles. The first kappa shape index (κ1) is 14.9. The minimum Gasteiger partial charge on any atom is -0.368 e. The van der Waals surface area contributed by atoms with Gasteiger partial charge in [-0.05, 0) is 24.9 Å². The Morgan fingerprint density at radius 2 is 1.89 bits per heavy atom. The summed E-state index contributed by atoms with van der Waals surface area (Å²) < 4.78 is 5.90. The molecule has 0 amide bonds. The van der Waals surface area contributed by atoms with Crippen molar-refractivity contribution in [3.8, 4) is 0 Å². The Bertz CT molecular complexity index is 332. The Balaban J connectivity index is 2.52. The highest BCUT2D eigenvalue weighted by Gasteiger charge is 2.10. The zero-order valence-corrected chi connectivity index (χ0v) is 11.7. The molecule has 0 aliphatic rings. The van der Waals surface area contributed by atoms with Crippen LogP contribution in [0, 0.1) is 5.92 Å². The standard InChI is InChI=1S/C16H25NO/c1-4-5-11-18-16(13-17-12-14(2)3)15-9-7-6-8-10-15/h4-10,14,16-17H,11-13H2,1-3H3. The summed E-state index contributed by atoms with van der Waals surface area (Å²) >= 11 is 0. The van der Waals surface area contributed by atoms with Gasteiger partial charge in [-0.15, -0.1) is 0 Å². The number of ether oxygens (including phenoxy) is 1. The molecule has 1 unspecified atom stereocenters. The largest absolute Gasteiger partial charge is 0.368 e. The monoisotopic (exact) mass is 247 g/mol. The number of benzene rings is 1. The fourth-order valence-corrected chi connectivity index (χ4v) is 1.71. The summed E-state index contributed by atoms with van der Waals surface area (Å²) in [5.41, 5.74) is 1.23. The molecular weight excluding hydrogens is 222 g/mol. The van der Waals surface area contributed by atoms with Crippen molar-refractivity contribution < 1.29 is 4.74 Å². The minimum atomic E-state index is 0.126. The fourth-order valence-electron chi connectivity index (χ4n) is 1.71. The van der Waals surface area contributed by atoms with Gasteiger partial charge in [0.25, 0.3) is 0 Å². The van der Waals surface area contributed by atoms with E-state index < -0.39 is 0 Å². The Morgan fingerprint density at radius 3 is 2.50 bits per heavy atom. The van der Waals surface area contributed by atoms with Gasteiger partial charge in [-0.3, -0.25) is 0 Å². The lowest BCUT2D eigenvalue weighted by Gasteiger charge is -2.19. The van der Waals surface area contributed by atoms with Gasteiger partial charge in [0.2, 0.25) is 0 Å². The normalized spacial score (nSPS) is 13.3. The Hall–Kier alpha value is -1.12. The van der Waals surface area contributed by atoms with Crippen molar-refractivity contribution in [1.82, 2.24) is 5.32 Å². The predicted molar refractivity (Wildman–Crippen MR) is 77.7 cm³/mol. The number of nitrogens with one attached hydrogen (secondary N) is 1. The van der Waals surface area contributed by atoms with Crippen LogP contribution in [0.15, 0.2) is 42.5 Å². The second-order valence-corrected chi connectivity index (χ2v) is 4.85. The van der Waals surface area contributed by atoms with Crippen LogP contribution in [0.1, 0.15) is 32.4 Å². The van der Waals surface area contributed by atoms with Gasteiger partial charge in [0.1, 0.15) is 0 Å². The SMILES string of the molecule is CC=CCOC(CNCC(C)C)c1ccccc1. The number of hydrogen-bond acceptors (Lipinski definition) is 2. The van der Waals surface area contributed by atoms with Crippen molar-refractivity contribution >= 4 is 0 Å². The second kappa shape index (κ2) is 8.90. The van der Waals surface area contributed by atoms with E-state index in [-0.39, 0.29) is 6.10 Å². The van der Waals surface area contributed by atoms with Crippen LogP contribution in [0.4, 0.5) is 0 Å². The molecule has 0 heterocycles. The molecular formula is C16H25NO. The maximum Gasteiger partial charge on any atom is 0.0953 e. The van der Waals surface area contributed by atoms with Crippen LogP contribution in [0.25, 0.3) is 0 Å². The van der Waals surface area contributed by atoms with Crippen LogP contribution in [-0.4, -0.2) is 19.7 Å². The topological polar surface area (TPSA) is 21.3 Å². The first-order valence-electron chi connectivity index (χ1n) is 6.72. The van der Waals surface area contributed by atoms with Crippen LogP contribution in [-0.2, 0) is 4.74 Å². The second-order valence-electron chi connectivity index (χ2n) is 4.85. The van der Waals surface area contributed by atoms with Gasteiger partial charge >= 0.3 is 0 Å². The molecule has 1 atom stereocenters. The predicted octanol–water partition coefficient (Wildman–Crippen LogP) is 3.57. The van der Waals surface area contributed by atoms with Crippen molar-refractivity contribution in [2.45, 2.75) is 26.9 Å². The quantitative estimate of drug-likeness (QED) is 0.709. The first-order chi connectivity index (χ1) is 8.74. The highest BCUT2D eigenvalue weighted by molar-refractivity contribution is 5.18. The van der Waals surface area contributed by atoms with E-state index in [9.17, 15) is 0 Å². The van der Waals surface area contributed by atoms with Gasteiger partial charge in [-0.1, -0.05) is 56.3 Å². The molecule has 0 saturated carbocycles. The van der Waals surface area contributed by atoms with Crippen molar-refractivity contribution in [3.05, 3.63) is 48.0 Å². The Morgan fingerprint density at radius 1 is 1.17 bits per heavy atom. The molecule has 0 fully saturated rings. The van der Waals surface area contributed by atoms with Crippen LogP contribution in [0.5, 0.6) is 0 Å². The zero-order chi connectivity index (χ0) is 13.2. The summed E-state index contributed by atoms with van der Waals surface area (Å²) in [6, 6.07) is 10.4. The summed E-state index contributed by atoms with van der Waals surface area (Å²) in [5.74, 6) is 0.664. The lowest BCUT2D eigenvalue weighted by atomic mass is 10.1. The van der Waals surface area contributed by atoms with Gasteiger partial charge in [-0.2, -0.15) is 0 Å². The molecule has 0 bridgehead atoms. The maximum atomic E-state index is 5.90. The van der Waals surface area contributed by atoms with Crippen LogP contribution >= 0.6 is 0 Å². The lowest BCUT2D eigenvalue weighted by molar-refractivity contribution is 0.0732.